The molecule has 4 aliphatic rings. The van der Waals surface area contributed by atoms with Gasteiger partial charge in [-0.25, -0.2) is 0 Å². The molecule has 2 unspecified atom stereocenters. The SMILES string of the molecule is C#C.C/C=C/C1=CN2C(=O)c3cc(OC)c(OCC(C)(C)CCC(C)(C)CCOc4cc5c(cc4OC)C(=O)N4C=C(/C=C/C)C[C@@H]4C(CO)N5C)cc3N=CC2C1. The van der Waals surface area contributed by atoms with Crippen LogP contribution in [-0.4, -0.2) is 92.1 Å². The lowest BCUT2D eigenvalue weighted by Crippen LogP contribution is -2.48. The third-order valence-electron chi connectivity index (χ3n) is 11.5. The zero-order valence-electron chi connectivity index (χ0n) is 35.6. The van der Waals surface area contributed by atoms with Gasteiger partial charge in [0.05, 0.1) is 74.7 Å². The molecule has 0 aliphatic carbocycles. The van der Waals surface area contributed by atoms with Crippen molar-refractivity contribution in [3.8, 4) is 35.8 Å². The molecule has 0 bridgehead atoms. The first-order chi connectivity index (χ1) is 27.7. The summed E-state index contributed by atoms with van der Waals surface area (Å²) in [5.41, 5.74) is 4.24. The molecule has 0 saturated heterocycles. The number of aliphatic hydroxyl groups excluding tert-OH is 1. The maximum Gasteiger partial charge on any atom is 0.260 e. The van der Waals surface area contributed by atoms with Crippen LogP contribution in [-0.2, 0) is 0 Å². The van der Waals surface area contributed by atoms with E-state index in [2.05, 4.69) is 40.5 Å². The number of carbonyl (C=O) groups excluding carboxylic acids is 2. The highest BCUT2D eigenvalue weighted by Crippen LogP contribution is 2.43. The van der Waals surface area contributed by atoms with Gasteiger partial charge in [-0.05, 0) is 80.1 Å². The lowest BCUT2D eigenvalue weighted by molar-refractivity contribution is 0.0758. The Morgan fingerprint density at radius 1 is 0.793 bits per heavy atom. The van der Waals surface area contributed by atoms with E-state index in [0.717, 1.165) is 36.8 Å². The highest BCUT2D eigenvalue weighted by molar-refractivity contribution is 6.04. The fraction of sp³-hybridized carbons (Fsp3) is 0.468. The summed E-state index contributed by atoms with van der Waals surface area (Å²) in [5, 5.41) is 10.5. The Morgan fingerprint density at radius 2 is 1.38 bits per heavy atom. The molecule has 3 atom stereocenters. The number of ether oxygens (including phenoxy) is 4. The number of anilines is 1. The van der Waals surface area contributed by atoms with Gasteiger partial charge < -0.3 is 38.8 Å². The van der Waals surface area contributed by atoms with Crippen LogP contribution in [0.5, 0.6) is 23.0 Å². The summed E-state index contributed by atoms with van der Waals surface area (Å²) in [6.07, 6.45) is 25.7. The molecule has 0 radical (unpaired) electrons. The van der Waals surface area contributed by atoms with Crippen LogP contribution in [0.4, 0.5) is 11.4 Å². The monoisotopic (exact) mass is 792 g/mol. The second-order valence-electron chi connectivity index (χ2n) is 16.8. The number of benzene rings is 2. The summed E-state index contributed by atoms with van der Waals surface area (Å²) in [7, 11) is 5.10. The maximum atomic E-state index is 13.9. The van der Waals surface area contributed by atoms with Gasteiger partial charge in [0, 0.05) is 37.8 Å². The average Bonchev–Trinajstić information content (AvgIpc) is 3.78. The summed E-state index contributed by atoms with van der Waals surface area (Å²) >= 11 is 0. The van der Waals surface area contributed by atoms with Gasteiger partial charge in [0.25, 0.3) is 11.8 Å². The Kier molecular flexibility index (Phi) is 13.9. The minimum Gasteiger partial charge on any atom is -0.493 e. The molecule has 0 aromatic heterocycles. The van der Waals surface area contributed by atoms with Crippen LogP contribution in [0.2, 0.25) is 0 Å². The smallest absolute Gasteiger partial charge is 0.260 e. The van der Waals surface area contributed by atoms with Gasteiger partial charge in [-0.15, -0.1) is 12.8 Å². The van der Waals surface area contributed by atoms with E-state index in [-0.39, 0.29) is 47.4 Å². The minimum absolute atomic E-state index is 0.0435. The first kappa shape index (κ1) is 43.6. The molecule has 1 N–H and O–H groups in total. The Morgan fingerprint density at radius 3 is 2.02 bits per heavy atom. The molecule has 4 heterocycles. The topological polar surface area (TPSA) is 113 Å². The molecule has 11 nitrogen and oxygen atoms in total. The largest absolute Gasteiger partial charge is 0.493 e. The Labute approximate surface area is 344 Å². The van der Waals surface area contributed by atoms with E-state index in [1.807, 2.05) is 80.8 Å². The highest BCUT2D eigenvalue weighted by atomic mass is 16.5. The van der Waals surface area contributed by atoms with Gasteiger partial charge in [0.2, 0.25) is 0 Å². The molecule has 310 valence electrons. The third kappa shape index (κ3) is 9.29. The fourth-order valence-corrected chi connectivity index (χ4v) is 7.94. The molecule has 0 saturated carbocycles. The number of amides is 2. The molecular weight excluding hydrogens is 733 g/mol. The summed E-state index contributed by atoms with van der Waals surface area (Å²) in [6.45, 7) is 13.6. The zero-order valence-corrected chi connectivity index (χ0v) is 35.6. The van der Waals surface area contributed by atoms with E-state index in [1.165, 1.54) is 0 Å². The summed E-state index contributed by atoms with van der Waals surface area (Å²) in [5.74, 6) is 1.90. The first-order valence-corrected chi connectivity index (χ1v) is 20.0. The van der Waals surface area contributed by atoms with Crippen molar-refractivity contribution in [2.45, 2.75) is 91.8 Å². The average molecular weight is 793 g/mol. The predicted octanol–water partition coefficient (Wildman–Crippen LogP) is 8.51. The molecule has 2 amide bonds. The fourth-order valence-electron chi connectivity index (χ4n) is 7.94. The molecule has 0 fully saturated rings. The van der Waals surface area contributed by atoms with Crippen LogP contribution in [0.15, 0.2) is 77.1 Å². The summed E-state index contributed by atoms with van der Waals surface area (Å²) in [6, 6.07) is 6.61. The maximum absolute atomic E-state index is 13.9. The molecule has 58 heavy (non-hydrogen) atoms. The van der Waals surface area contributed by atoms with Crippen LogP contribution in [0.1, 0.15) is 94.4 Å². The van der Waals surface area contributed by atoms with Crippen LogP contribution >= 0.6 is 0 Å². The van der Waals surface area contributed by atoms with E-state index in [9.17, 15) is 14.7 Å². The number of allylic oxidation sites excluding steroid dienone is 4. The van der Waals surface area contributed by atoms with E-state index < -0.39 is 0 Å². The zero-order chi connectivity index (χ0) is 42.4. The lowest BCUT2D eigenvalue weighted by atomic mass is 9.78. The molecule has 6 rings (SSSR count). The Balaban J connectivity index is 0.00000315. The van der Waals surface area contributed by atoms with Crippen LogP contribution in [0, 0.1) is 23.7 Å². The molecule has 0 spiro atoms. The van der Waals surface area contributed by atoms with Gasteiger partial charge >= 0.3 is 0 Å². The van der Waals surface area contributed by atoms with Gasteiger partial charge in [-0.1, -0.05) is 52.0 Å². The molecule has 11 heteroatoms. The number of likely N-dealkylation sites (N-methyl/N-ethyl adjacent to an activating group) is 1. The standard InChI is InChI=1S/C45H58N4O7.C2H2/c1-10-12-29-18-31-24-46-34-22-40(38(53-8)20-32(34)42(51)48(31)25-29)56-28-45(5,6)15-14-44(3,4)16-17-55-41-23-35-33(21-39(41)54-9)43(52)49-26-30(13-11-2)19-36(49)37(27-50)47(35)7;1-2/h10-13,20-26,31,36-37,50H,14-19,27-28H2,1-9H3;1-2H/b12-10+,13-11+;/t31?,36-,37?;/m1./s1. The molecule has 2 aromatic rings. The van der Waals surface area contributed by atoms with Crippen molar-refractivity contribution in [2.24, 2.45) is 15.8 Å². The summed E-state index contributed by atoms with van der Waals surface area (Å²) < 4.78 is 24.2. The lowest BCUT2D eigenvalue weighted by Gasteiger charge is -2.34. The third-order valence-corrected chi connectivity index (χ3v) is 11.5. The number of aliphatic hydroxyl groups is 1. The number of fused-ring (bicyclic) bond motifs is 4. The van der Waals surface area contributed by atoms with E-state index in [0.29, 0.717) is 65.1 Å². The van der Waals surface area contributed by atoms with Crippen molar-refractivity contribution in [1.82, 2.24) is 9.80 Å². The quantitative estimate of drug-likeness (QED) is 0.179. The van der Waals surface area contributed by atoms with E-state index in [1.54, 1.807) is 36.2 Å². The number of hydrogen-bond acceptors (Lipinski definition) is 9. The van der Waals surface area contributed by atoms with Gasteiger partial charge in [0.1, 0.15) is 0 Å². The predicted molar refractivity (Wildman–Crippen MR) is 231 cm³/mol. The normalized spacial score (nSPS) is 20.1. The molecule has 2 aromatic carbocycles. The van der Waals surface area contributed by atoms with Crippen molar-refractivity contribution in [1.29, 1.82) is 0 Å². The van der Waals surface area contributed by atoms with E-state index in [4.69, 9.17) is 23.9 Å². The minimum atomic E-state index is -0.283. The van der Waals surface area contributed by atoms with Crippen LogP contribution < -0.4 is 23.8 Å². The van der Waals surface area contributed by atoms with Gasteiger partial charge in [-0.3, -0.25) is 14.6 Å². The molecular formula is C47H60N4O7. The number of aliphatic imine (C=N–C) groups is 1. The number of rotatable bonds is 15. The van der Waals surface area contributed by atoms with Gasteiger partial charge in [0.15, 0.2) is 23.0 Å². The first-order valence-electron chi connectivity index (χ1n) is 20.0. The Hall–Kier alpha value is -5.47. The number of hydrogen-bond donors (Lipinski definition) is 1. The van der Waals surface area contributed by atoms with Crippen molar-refractivity contribution in [2.75, 3.05) is 46.0 Å². The number of nitrogens with zero attached hydrogens (tertiary/aromatic N) is 4. The number of terminal acetylenes is 1. The number of carbonyl (C=O) groups is 2. The van der Waals surface area contributed by atoms with Gasteiger partial charge in [-0.2, -0.15) is 0 Å². The highest BCUT2D eigenvalue weighted by Gasteiger charge is 2.42. The van der Waals surface area contributed by atoms with Crippen molar-refractivity contribution in [3.63, 3.8) is 0 Å². The van der Waals surface area contributed by atoms with Crippen LogP contribution in [0.25, 0.3) is 0 Å². The van der Waals surface area contributed by atoms with E-state index >= 15 is 0 Å². The van der Waals surface area contributed by atoms with Crippen molar-refractivity contribution >= 4 is 29.4 Å². The molecule has 4 aliphatic heterocycles. The Bertz CT molecular complexity index is 2020. The number of methoxy groups -OCH3 is 2. The van der Waals surface area contributed by atoms with Crippen molar-refractivity contribution in [3.05, 3.63) is 83.2 Å². The summed E-state index contributed by atoms with van der Waals surface area (Å²) in [4.78, 5) is 37.6. The van der Waals surface area contributed by atoms with Crippen molar-refractivity contribution < 1.29 is 33.6 Å². The second-order valence-corrected chi connectivity index (χ2v) is 16.8. The second kappa shape index (κ2) is 18.4. The van der Waals surface area contributed by atoms with Crippen LogP contribution in [0.3, 0.4) is 0 Å².